The molecule has 0 atom stereocenters. The van der Waals surface area contributed by atoms with E-state index in [0.29, 0.717) is 4.90 Å². The maximum atomic E-state index is 11.4. The molecule has 3 rings (SSSR count). The van der Waals surface area contributed by atoms with Gasteiger partial charge in [0, 0.05) is 23.4 Å². The molecule has 20 heavy (non-hydrogen) atoms. The van der Waals surface area contributed by atoms with E-state index in [0.717, 1.165) is 22.0 Å². The molecule has 0 unspecified atom stereocenters. The van der Waals surface area contributed by atoms with Gasteiger partial charge in [0.15, 0.2) is 9.84 Å². The number of aromatic nitrogens is 1. The van der Waals surface area contributed by atoms with E-state index in [2.05, 4.69) is 11.1 Å². The molecule has 0 saturated heterocycles. The Morgan fingerprint density at radius 3 is 2.30 bits per heavy atom. The van der Waals surface area contributed by atoms with E-state index in [1.165, 1.54) is 6.26 Å². The van der Waals surface area contributed by atoms with Crippen molar-refractivity contribution in [2.75, 3.05) is 6.26 Å². The smallest absolute Gasteiger partial charge is 0.175 e. The van der Waals surface area contributed by atoms with Crippen LogP contribution in [0.25, 0.3) is 22.0 Å². The van der Waals surface area contributed by atoms with Gasteiger partial charge in [-0.1, -0.05) is 30.3 Å². The lowest BCUT2D eigenvalue weighted by Crippen LogP contribution is -1.96. The number of sulfone groups is 1. The monoisotopic (exact) mass is 283 g/mol. The number of benzene rings is 2. The van der Waals surface area contributed by atoms with Crippen molar-refractivity contribution in [1.82, 2.24) is 4.98 Å². The minimum atomic E-state index is -3.15. The van der Waals surface area contributed by atoms with Crippen molar-refractivity contribution in [1.29, 1.82) is 0 Å². The minimum Gasteiger partial charge on any atom is -0.256 e. The summed E-state index contributed by atoms with van der Waals surface area (Å²) in [6, 6.07) is 16.8. The summed E-state index contributed by atoms with van der Waals surface area (Å²) in [4.78, 5) is 4.74. The molecule has 0 bridgehead atoms. The molecule has 1 heterocycles. The van der Waals surface area contributed by atoms with Crippen LogP contribution in [0, 0.1) is 0 Å². The van der Waals surface area contributed by atoms with E-state index >= 15 is 0 Å². The van der Waals surface area contributed by atoms with E-state index in [9.17, 15) is 8.42 Å². The quantitative estimate of drug-likeness (QED) is 0.725. The summed E-state index contributed by atoms with van der Waals surface area (Å²) < 4.78 is 22.9. The fourth-order valence-electron chi connectivity index (χ4n) is 2.12. The Morgan fingerprint density at radius 1 is 0.900 bits per heavy atom. The Morgan fingerprint density at radius 2 is 1.60 bits per heavy atom. The highest BCUT2D eigenvalue weighted by molar-refractivity contribution is 7.90. The average Bonchev–Trinajstić information content (AvgIpc) is 2.46. The molecule has 100 valence electrons. The predicted octanol–water partition coefficient (Wildman–Crippen LogP) is 3.31. The Balaban J connectivity index is 2.07. The predicted molar refractivity (Wildman–Crippen MR) is 80.3 cm³/mol. The molecule has 0 spiro atoms. The summed E-state index contributed by atoms with van der Waals surface area (Å²) >= 11 is 0. The van der Waals surface area contributed by atoms with Crippen LogP contribution in [-0.4, -0.2) is 19.7 Å². The van der Waals surface area contributed by atoms with Crippen molar-refractivity contribution in [3.05, 3.63) is 60.8 Å². The van der Waals surface area contributed by atoms with Gasteiger partial charge in [0.1, 0.15) is 0 Å². The van der Waals surface area contributed by atoms with Crippen LogP contribution < -0.4 is 0 Å². The lowest BCUT2D eigenvalue weighted by Gasteiger charge is -2.04. The third kappa shape index (κ3) is 2.42. The van der Waals surface area contributed by atoms with Crippen LogP contribution in [0.2, 0.25) is 0 Å². The molecule has 2 aromatic carbocycles. The molecular formula is C16H13NO2S. The first kappa shape index (κ1) is 12.8. The molecule has 0 aliphatic carbocycles. The highest BCUT2D eigenvalue weighted by Crippen LogP contribution is 2.23. The highest BCUT2D eigenvalue weighted by atomic mass is 32.2. The van der Waals surface area contributed by atoms with Gasteiger partial charge in [0.25, 0.3) is 0 Å². The molecule has 0 amide bonds. The van der Waals surface area contributed by atoms with E-state index in [-0.39, 0.29) is 0 Å². The van der Waals surface area contributed by atoms with E-state index in [1.807, 2.05) is 36.4 Å². The number of hydrogen-bond acceptors (Lipinski definition) is 3. The third-order valence-electron chi connectivity index (χ3n) is 3.21. The number of rotatable bonds is 2. The van der Waals surface area contributed by atoms with Gasteiger partial charge in [-0.3, -0.25) is 4.98 Å². The van der Waals surface area contributed by atoms with Crippen molar-refractivity contribution in [3.63, 3.8) is 0 Å². The third-order valence-corrected chi connectivity index (χ3v) is 4.33. The van der Waals surface area contributed by atoms with E-state index < -0.39 is 9.84 Å². The molecule has 0 N–H and O–H groups in total. The summed E-state index contributed by atoms with van der Waals surface area (Å²) in [5, 5.41) is 1.07. The van der Waals surface area contributed by atoms with Gasteiger partial charge in [0.2, 0.25) is 0 Å². The van der Waals surface area contributed by atoms with Crippen molar-refractivity contribution in [2.45, 2.75) is 4.90 Å². The fourth-order valence-corrected chi connectivity index (χ4v) is 2.75. The second-order valence-corrected chi connectivity index (χ2v) is 6.73. The molecule has 0 aliphatic rings. The van der Waals surface area contributed by atoms with Crippen molar-refractivity contribution >= 4 is 20.7 Å². The first-order valence-electron chi connectivity index (χ1n) is 6.19. The van der Waals surface area contributed by atoms with Crippen LogP contribution in [-0.2, 0) is 9.84 Å². The first-order chi connectivity index (χ1) is 9.54. The number of para-hydroxylation sites is 1. The molecule has 0 fully saturated rings. The maximum Gasteiger partial charge on any atom is 0.175 e. The Kier molecular flexibility index (Phi) is 3.03. The number of hydrogen-bond donors (Lipinski definition) is 0. The first-order valence-corrected chi connectivity index (χ1v) is 8.08. The van der Waals surface area contributed by atoms with Gasteiger partial charge < -0.3 is 0 Å². The second kappa shape index (κ2) is 4.72. The van der Waals surface area contributed by atoms with Crippen LogP contribution >= 0.6 is 0 Å². The van der Waals surface area contributed by atoms with Gasteiger partial charge in [-0.25, -0.2) is 8.42 Å². The standard InChI is InChI=1S/C16H13NO2S/c1-20(18,19)15-8-6-12(7-9-15)14-10-13-4-2-3-5-16(13)17-11-14/h2-11H,1H3. The highest BCUT2D eigenvalue weighted by Gasteiger charge is 2.07. The summed E-state index contributed by atoms with van der Waals surface area (Å²) in [5.74, 6) is 0. The summed E-state index contributed by atoms with van der Waals surface area (Å²) in [5.41, 5.74) is 2.88. The zero-order chi connectivity index (χ0) is 14.2. The van der Waals surface area contributed by atoms with Crippen molar-refractivity contribution < 1.29 is 8.42 Å². The number of fused-ring (bicyclic) bond motifs is 1. The minimum absolute atomic E-state index is 0.329. The van der Waals surface area contributed by atoms with Gasteiger partial charge >= 0.3 is 0 Å². The largest absolute Gasteiger partial charge is 0.256 e. The molecule has 0 saturated carbocycles. The molecule has 0 radical (unpaired) electrons. The summed E-state index contributed by atoms with van der Waals surface area (Å²) in [6.07, 6.45) is 3.01. The molecule has 3 aromatic rings. The van der Waals surface area contributed by atoms with E-state index in [4.69, 9.17) is 0 Å². The van der Waals surface area contributed by atoms with Gasteiger partial charge in [-0.2, -0.15) is 0 Å². The Hall–Kier alpha value is -2.20. The maximum absolute atomic E-state index is 11.4. The number of nitrogens with zero attached hydrogens (tertiary/aromatic N) is 1. The topological polar surface area (TPSA) is 47.0 Å². The lowest BCUT2D eigenvalue weighted by molar-refractivity contribution is 0.602. The van der Waals surface area contributed by atoms with Gasteiger partial charge in [-0.05, 0) is 29.8 Å². The molecule has 0 aliphatic heterocycles. The molecule has 1 aromatic heterocycles. The van der Waals surface area contributed by atoms with Crippen molar-refractivity contribution in [3.8, 4) is 11.1 Å². The van der Waals surface area contributed by atoms with Gasteiger partial charge in [0.05, 0.1) is 10.4 Å². The second-order valence-electron chi connectivity index (χ2n) is 4.71. The zero-order valence-corrected chi connectivity index (χ0v) is 11.8. The molecular weight excluding hydrogens is 270 g/mol. The van der Waals surface area contributed by atoms with Crippen LogP contribution in [0.15, 0.2) is 65.7 Å². The van der Waals surface area contributed by atoms with Crippen LogP contribution in [0.5, 0.6) is 0 Å². The van der Waals surface area contributed by atoms with Crippen LogP contribution in [0.4, 0.5) is 0 Å². The van der Waals surface area contributed by atoms with Crippen LogP contribution in [0.1, 0.15) is 0 Å². The molecule has 3 nitrogen and oxygen atoms in total. The normalized spacial score (nSPS) is 11.7. The average molecular weight is 283 g/mol. The summed E-state index contributed by atoms with van der Waals surface area (Å²) in [6.45, 7) is 0. The van der Waals surface area contributed by atoms with Crippen molar-refractivity contribution in [2.24, 2.45) is 0 Å². The Bertz CT molecular complexity index is 868. The molecule has 4 heteroatoms. The fraction of sp³-hybridized carbons (Fsp3) is 0.0625. The number of pyridine rings is 1. The van der Waals surface area contributed by atoms with Crippen LogP contribution in [0.3, 0.4) is 0 Å². The Labute approximate surface area is 117 Å². The SMILES string of the molecule is CS(=O)(=O)c1ccc(-c2cnc3ccccc3c2)cc1. The van der Waals surface area contributed by atoms with Gasteiger partial charge in [-0.15, -0.1) is 0 Å². The van der Waals surface area contributed by atoms with E-state index in [1.54, 1.807) is 18.3 Å². The summed E-state index contributed by atoms with van der Waals surface area (Å²) in [7, 11) is -3.15. The zero-order valence-electron chi connectivity index (χ0n) is 10.9. The lowest BCUT2D eigenvalue weighted by atomic mass is 10.1.